The van der Waals surface area contributed by atoms with Crippen LogP contribution < -0.4 is 10.1 Å². The van der Waals surface area contributed by atoms with Gasteiger partial charge in [-0.05, 0) is 18.6 Å². The molecule has 1 aromatic rings. The Morgan fingerprint density at radius 1 is 1.53 bits per heavy atom. The van der Waals surface area contributed by atoms with Crippen molar-refractivity contribution in [1.82, 2.24) is 4.98 Å². The first-order valence-corrected chi connectivity index (χ1v) is 5.09. The van der Waals surface area contributed by atoms with Crippen LogP contribution in [0, 0.1) is 0 Å². The minimum absolute atomic E-state index is 0.322. The number of carbonyl (C=O) groups is 1. The van der Waals surface area contributed by atoms with Crippen LogP contribution in [0.5, 0.6) is 5.88 Å². The Morgan fingerprint density at radius 2 is 2.24 bits per heavy atom. The van der Waals surface area contributed by atoms with Gasteiger partial charge < -0.3 is 19.9 Å². The van der Waals surface area contributed by atoms with Gasteiger partial charge in [0.05, 0.1) is 13.7 Å². The minimum Gasteiger partial charge on any atom is -0.481 e. The quantitative estimate of drug-likeness (QED) is 0.785. The molecule has 0 bridgehead atoms. The molecule has 17 heavy (non-hydrogen) atoms. The van der Waals surface area contributed by atoms with Gasteiger partial charge >= 0.3 is 0 Å². The first kappa shape index (κ1) is 13.4. The zero-order valence-electron chi connectivity index (χ0n) is 10.1. The molecule has 1 aromatic heterocycles. The molecule has 0 saturated heterocycles. The van der Waals surface area contributed by atoms with Crippen molar-refractivity contribution < 1.29 is 19.4 Å². The third-order valence-electron chi connectivity index (χ3n) is 2.01. The van der Waals surface area contributed by atoms with E-state index in [0.29, 0.717) is 18.3 Å². The maximum absolute atomic E-state index is 11.3. The monoisotopic (exact) mass is 240 g/mol. The van der Waals surface area contributed by atoms with Crippen LogP contribution in [-0.4, -0.2) is 36.3 Å². The van der Waals surface area contributed by atoms with E-state index in [1.807, 2.05) is 0 Å². The molecule has 0 fully saturated rings. The molecule has 0 aliphatic carbocycles. The summed E-state index contributed by atoms with van der Waals surface area (Å²) in [7, 11) is 3.06. The third kappa shape index (κ3) is 4.01. The molecule has 94 valence electrons. The molecule has 1 unspecified atom stereocenters. The fourth-order valence-corrected chi connectivity index (χ4v) is 1.21. The number of amides is 1. The highest BCUT2D eigenvalue weighted by atomic mass is 16.5. The topological polar surface area (TPSA) is 80.7 Å². The van der Waals surface area contributed by atoms with Gasteiger partial charge in [-0.15, -0.1) is 0 Å². The summed E-state index contributed by atoms with van der Waals surface area (Å²) in [6.07, 6.45) is -1.09. The van der Waals surface area contributed by atoms with Crippen LogP contribution >= 0.6 is 0 Å². The fourth-order valence-electron chi connectivity index (χ4n) is 1.21. The smallest absolute Gasteiger partial charge is 0.254 e. The van der Waals surface area contributed by atoms with Crippen molar-refractivity contribution in [3.8, 4) is 5.88 Å². The average molecular weight is 240 g/mol. The predicted octanol–water partition coefficient (Wildman–Crippen LogP) is 0.556. The van der Waals surface area contributed by atoms with Crippen LogP contribution in [0.2, 0.25) is 0 Å². The summed E-state index contributed by atoms with van der Waals surface area (Å²) in [5.74, 6) is 0.178. The molecule has 0 aliphatic heterocycles. The molecule has 0 spiro atoms. The van der Waals surface area contributed by atoms with Crippen molar-refractivity contribution in [1.29, 1.82) is 0 Å². The number of methoxy groups -OCH3 is 2. The largest absolute Gasteiger partial charge is 0.481 e. The van der Waals surface area contributed by atoms with E-state index in [2.05, 4.69) is 10.3 Å². The molecule has 2 N–H and O–H groups in total. The molecular weight excluding hydrogens is 224 g/mol. The van der Waals surface area contributed by atoms with Gasteiger partial charge in [-0.25, -0.2) is 0 Å². The number of pyridine rings is 1. The van der Waals surface area contributed by atoms with Crippen LogP contribution in [0.15, 0.2) is 12.1 Å². The number of carbonyl (C=O) groups excluding carboxylic acids is 1. The summed E-state index contributed by atoms with van der Waals surface area (Å²) in [6.45, 7) is 1.77. The van der Waals surface area contributed by atoms with E-state index in [1.54, 1.807) is 19.2 Å². The Hall–Kier alpha value is -1.66. The number of nitrogens with zero attached hydrogens (tertiary/aromatic N) is 1. The SMILES string of the molecule is COCc1cc(NC(=O)C(C)O)nc(OC)c1. The highest BCUT2D eigenvalue weighted by Gasteiger charge is 2.11. The minimum atomic E-state index is -1.09. The van der Waals surface area contributed by atoms with Crippen molar-refractivity contribution in [3.63, 3.8) is 0 Å². The molecule has 6 heteroatoms. The molecule has 0 radical (unpaired) electrons. The van der Waals surface area contributed by atoms with E-state index >= 15 is 0 Å². The molecule has 0 aliphatic rings. The number of rotatable bonds is 5. The summed E-state index contributed by atoms with van der Waals surface area (Å²) >= 11 is 0. The number of aromatic nitrogens is 1. The Kier molecular flexibility index (Phi) is 4.86. The standard InChI is InChI=1S/C11H16N2O4/c1-7(14)11(15)13-9-4-8(6-16-2)5-10(12-9)17-3/h4-5,7,14H,6H2,1-3H3,(H,12,13,15). The van der Waals surface area contributed by atoms with E-state index in [-0.39, 0.29) is 0 Å². The molecule has 6 nitrogen and oxygen atoms in total. The first-order chi connectivity index (χ1) is 8.06. The van der Waals surface area contributed by atoms with E-state index in [4.69, 9.17) is 14.6 Å². The van der Waals surface area contributed by atoms with Gasteiger partial charge in [0, 0.05) is 13.2 Å². The second-order valence-electron chi connectivity index (χ2n) is 3.50. The van der Waals surface area contributed by atoms with Crippen LogP contribution in [-0.2, 0) is 16.1 Å². The number of aliphatic hydroxyl groups is 1. The number of hydrogen-bond donors (Lipinski definition) is 2. The average Bonchev–Trinajstić information content (AvgIpc) is 2.28. The maximum Gasteiger partial charge on any atom is 0.254 e. The summed E-state index contributed by atoms with van der Waals surface area (Å²) in [4.78, 5) is 15.3. The maximum atomic E-state index is 11.3. The van der Waals surface area contributed by atoms with Crippen molar-refractivity contribution in [2.24, 2.45) is 0 Å². The van der Waals surface area contributed by atoms with Crippen molar-refractivity contribution >= 4 is 11.7 Å². The van der Waals surface area contributed by atoms with Crippen LogP contribution in [0.3, 0.4) is 0 Å². The predicted molar refractivity (Wildman–Crippen MR) is 61.8 cm³/mol. The second-order valence-corrected chi connectivity index (χ2v) is 3.50. The molecular formula is C11H16N2O4. The molecule has 0 saturated carbocycles. The zero-order chi connectivity index (χ0) is 12.8. The second kappa shape index (κ2) is 6.17. The van der Waals surface area contributed by atoms with Crippen molar-refractivity contribution in [2.75, 3.05) is 19.5 Å². The van der Waals surface area contributed by atoms with Crippen molar-refractivity contribution in [2.45, 2.75) is 19.6 Å². The van der Waals surface area contributed by atoms with Crippen molar-refractivity contribution in [3.05, 3.63) is 17.7 Å². The fraction of sp³-hybridized carbons (Fsp3) is 0.455. The van der Waals surface area contributed by atoms with Gasteiger partial charge in [0.2, 0.25) is 5.88 Å². The van der Waals surface area contributed by atoms with E-state index < -0.39 is 12.0 Å². The molecule has 1 amide bonds. The summed E-state index contributed by atoms with van der Waals surface area (Å²) in [5.41, 5.74) is 0.820. The lowest BCUT2D eigenvalue weighted by Crippen LogP contribution is -2.25. The Balaban J connectivity index is 2.90. The molecule has 1 heterocycles. The van der Waals surface area contributed by atoms with Gasteiger partial charge in [-0.2, -0.15) is 4.98 Å². The first-order valence-electron chi connectivity index (χ1n) is 5.09. The number of ether oxygens (including phenoxy) is 2. The van der Waals surface area contributed by atoms with Crippen LogP contribution in [0.25, 0.3) is 0 Å². The number of anilines is 1. The number of hydrogen-bond acceptors (Lipinski definition) is 5. The van der Waals surface area contributed by atoms with Crippen LogP contribution in [0.4, 0.5) is 5.82 Å². The lowest BCUT2D eigenvalue weighted by Gasteiger charge is -2.10. The Bertz CT molecular complexity index is 393. The van der Waals surface area contributed by atoms with E-state index in [0.717, 1.165) is 5.56 Å². The molecule has 1 rings (SSSR count). The zero-order valence-corrected chi connectivity index (χ0v) is 10.1. The lowest BCUT2D eigenvalue weighted by molar-refractivity contribution is -0.123. The van der Waals surface area contributed by atoms with E-state index in [9.17, 15) is 4.79 Å². The van der Waals surface area contributed by atoms with Gasteiger partial charge in [-0.3, -0.25) is 4.79 Å². The Labute approximate surface area is 99.6 Å². The molecule has 0 aromatic carbocycles. The van der Waals surface area contributed by atoms with Gasteiger partial charge in [0.1, 0.15) is 11.9 Å². The Morgan fingerprint density at radius 3 is 2.76 bits per heavy atom. The summed E-state index contributed by atoms with van der Waals surface area (Å²) in [6, 6.07) is 3.37. The van der Waals surface area contributed by atoms with E-state index in [1.165, 1.54) is 14.0 Å². The number of aliphatic hydroxyl groups excluding tert-OH is 1. The lowest BCUT2D eigenvalue weighted by atomic mass is 10.2. The highest BCUT2D eigenvalue weighted by molar-refractivity contribution is 5.92. The van der Waals surface area contributed by atoms with Crippen LogP contribution in [0.1, 0.15) is 12.5 Å². The summed E-state index contributed by atoms with van der Waals surface area (Å²) < 4.78 is 9.99. The highest BCUT2D eigenvalue weighted by Crippen LogP contribution is 2.16. The summed E-state index contributed by atoms with van der Waals surface area (Å²) in [5, 5.41) is 11.6. The molecule has 1 atom stereocenters. The van der Waals surface area contributed by atoms with Gasteiger partial charge in [0.25, 0.3) is 5.91 Å². The van der Waals surface area contributed by atoms with Gasteiger partial charge in [-0.1, -0.05) is 0 Å². The third-order valence-corrected chi connectivity index (χ3v) is 2.01. The van der Waals surface area contributed by atoms with Gasteiger partial charge in [0.15, 0.2) is 0 Å². The normalized spacial score (nSPS) is 12.0. The number of nitrogens with one attached hydrogen (secondary N) is 1.